The highest BCUT2D eigenvalue weighted by Crippen LogP contribution is 2.38. The summed E-state index contributed by atoms with van der Waals surface area (Å²) in [6.45, 7) is 0. The van der Waals surface area contributed by atoms with Gasteiger partial charge in [0.2, 0.25) is 0 Å². The molecule has 0 saturated carbocycles. The van der Waals surface area contributed by atoms with E-state index in [-0.39, 0.29) is 0 Å². The third-order valence-electron chi connectivity index (χ3n) is 3.80. The van der Waals surface area contributed by atoms with Gasteiger partial charge in [0.15, 0.2) is 5.01 Å². The van der Waals surface area contributed by atoms with Crippen LogP contribution in [-0.2, 0) is 6.42 Å². The summed E-state index contributed by atoms with van der Waals surface area (Å²) in [6, 6.07) is 14.8. The minimum atomic E-state index is -0.472. The molecule has 3 nitrogen and oxygen atoms in total. The van der Waals surface area contributed by atoms with E-state index in [1.54, 1.807) is 0 Å². The minimum Gasteiger partial charge on any atom is -0.364 e. The van der Waals surface area contributed by atoms with E-state index in [0.29, 0.717) is 5.01 Å². The van der Waals surface area contributed by atoms with Crippen LogP contribution in [0.25, 0.3) is 22.4 Å². The van der Waals surface area contributed by atoms with Crippen molar-refractivity contribution in [2.75, 3.05) is 0 Å². The molecule has 0 aliphatic heterocycles. The van der Waals surface area contributed by atoms with Crippen LogP contribution in [-0.4, -0.2) is 10.9 Å². The van der Waals surface area contributed by atoms with Crippen molar-refractivity contribution >= 4 is 17.2 Å². The number of fused-ring (bicyclic) bond motifs is 3. The lowest BCUT2D eigenvalue weighted by Crippen LogP contribution is -2.10. The van der Waals surface area contributed by atoms with Crippen molar-refractivity contribution in [3.05, 3.63) is 64.0 Å². The van der Waals surface area contributed by atoms with Crippen LogP contribution in [0.4, 0.5) is 0 Å². The third kappa shape index (κ3) is 1.96. The van der Waals surface area contributed by atoms with Gasteiger partial charge in [-0.1, -0.05) is 36.4 Å². The van der Waals surface area contributed by atoms with Gasteiger partial charge in [-0.3, -0.25) is 4.79 Å². The quantitative estimate of drug-likeness (QED) is 0.615. The fourth-order valence-electron chi connectivity index (χ4n) is 2.82. The summed E-state index contributed by atoms with van der Waals surface area (Å²) in [6.07, 6.45) is 0.951. The molecule has 1 amide bonds. The topological polar surface area (TPSA) is 56.0 Å². The number of nitrogens with two attached hydrogens (primary N) is 1. The average molecular weight is 292 g/mol. The highest BCUT2D eigenvalue weighted by Gasteiger charge is 2.18. The molecule has 1 aromatic heterocycles. The molecule has 4 rings (SSSR count). The molecule has 2 aromatic carbocycles. The molecule has 1 aliphatic carbocycles. The largest absolute Gasteiger partial charge is 0.364 e. The second-order valence-electron chi connectivity index (χ2n) is 5.11. The monoisotopic (exact) mass is 292 g/mol. The van der Waals surface area contributed by atoms with E-state index in [1.165, 1.54) is 33.6 Å². The maximum atomic E-state index is 11.2. The van der Waals surface area contributed by atoms with E-state index in [2.05, 4.69) is 47.4 Å². The maximum absolute atomic E-state index is 11.2. The van der Waals surface area contributed by atoms with Crippen molar-refractivity contribution in [2.45, 2.75) is 6.42 Å². The second kappa shape index (κ2) is 4.53. The Hall–Kier alpha value is -2.46. The Balaban J connectivity index is 1.77. The highest BCUT2D eigenvalue weighted by atomic mass is 32.1. The molecule has 0 spiro atoms. The van der Waals surface area contributed by atoms with Gasteiger partial charge in [-0.05, 0) is 34.7 Å². The smallest absolute Gasteiger partial charge is 0.277 e. The molecular weight excluding hydrogens is 280 g/mol. The normalized spacial score (nSPS) is 12.0. The van der Waals surface area contributed by atoms with Crippen molar-refractivity contribution in [1.29, 1.82) is 0 Å². The Bertz CT molecular complexity index is 867. The van der Waals surface area contributed by atoms with E-state index in [0.717, 1.165) is 17.7 Å². The van der Waals surface area contributed by atoms with Crippen molar-refractivity contribution < 1.29 is 4.79 Å². The molecule has 1 aliphatic rings. The number of amides is 1. The van der Waals surface area contributed by atoms with Gasteiger partial charge < -0.3 is 5.73 Å². The zero-order valence-electron chi connectivity index (χ0n) is 11.2. The van der Waals surface area contributed by atoms with E-state index < -0.39 is 5.91 Å². The first-order chi connectivity index (χ1) is 10.2. The van der Waals surface area contributed by atoms with Gasteiger partial charge >= 0.3 is 0 Å². The first-order valence-electron chi connectivity index (χ1n) is 6.69. The number of primary amides is 1. The molecule has 0 radical (unpaired) electrons. The Kier molecular flexibility index (Phi) is 2.65. The van der Waals surface area contributed by atoms with Crippen LogP contribution < -0.4 is 5.73 Å². The zero-order valence-corrected chi connectivity index (χ0v) is 12.0. The van der Waals surface area contributed by atoms with Crippen LogP contribution in [0.5, 0.6) is 0 Å². The molecular formula is C17H12N2OS. The Labute approximate surface area is 126 Å². The lowest BCUT2D eigenvalue weighted by Gasteiger charge is -2.03. The van der Waals surface area contributed by atoms with Gasteiger partial charge in [0.1, 0.15) is 0 Å². The van der Waals surface area contributed by atoms with Crippen LogP contribution in [0, 0.1) is 0 Å². The predicted molar refractivity (Wildman–Crippen MR) is 84.3 cm³/mol. The van der Waals surface area contributed by atoms with Crippen LogP contribution in [0.1, 0.15) is 20.9 Å². The molecule has 2 N–H and O–H groups in total. The number of benzene rings is 2. The molecule has 0 unspecified atom stereocenters. The number of hydrogen-bond donors (Lipinski definition) is 1. The molecule has 0 bridgehead atoms. The van der Waals surface area contributed by atoms with E-state index >= 15 is 0 Å². The predicted octanol–water partition coefficient (Wildman–Crippen LogP) is 3.48. The standard InChI is InChI=1S/C17H12N2OS/c18-16(20)17-19-15(9-21-17)11-5-6-14-12(8-11)7-10-3-1-2-4-13(10)14/h1-6,8-9H,7H2,(H2,18,20). The summed E-state index contributed by atoms with van der Waals surface area (Å²) in [5, 5.41) is 2.23. The van der Waals surface area contributed by atoms with Gasteiger partial charge in [-0.15, -0.1) is 11.3 Å². The van der Waals surface area contributed by atoms with Gasteiger partial charge in [-0.25, -0.2) is 4.98 Å². The summed E-state index contributed by atoms with van der Waals surface area (Å²) in [4.78, 5) is 15.5. The Morgan fingerprint density at radius 1 is 1.10 bits per heavy atom. The molecule has 1 heterocycles. The Morgan fingerprint density at radius 2 is 1.90 bits per heavy atom. The number of carbonyl (C=O) groups excluding carboxylic acids is 1. The number of carbonyl (C=O) groups is 1. The summed E-state index contributed by atoms with van der Waals surface area (Å²) in [5.41, 5.74) is 12.4. The molecule has 3 aromatic rings. The number of hydrogen-bond acceptors (Lipinski definition) is 3. The molecule has 21 heavy (non-hydrogen) atoms. The van der Waals surface area contributed by atoms with Gasteiger partial charge in [-0.2, -0.15) is 0 Å². The number of rotatable bonds is 2. The Morgan fingerprint density at radius 3 is 2.71 bits per heavy atom. The lowest BCUT2D eigenvalue weighted by atomic mass is 10.0. The maximum Gasteiger partial charge on any atom is 0.277 e. The third-order valence-corrected chi connectivity index (χ3v) is 4.66. The SMILES string of the molecule is NC(=O)c1nc(-c2ccc3c(c2)Cc2ccccc2-3)cs1. The molecule has 0 saturated heterocycles. The van der Waals surface area contributed by atoms with E-state index in [4.69, 9.17) is 5.73 Å². The molecule has 0 atom stereocenters. The number of thiazole rings is 1. The summed E-state index contributed by atoms with van der Waals surface area (Å²) in [7, 11) is 0. The molecule has 0 fully saturated rings. The van der Waals surface area contributed by atoms with Crippen molar-refractivity contribution in [3.8, 4) is 22.4 Å². The number of nitrogens with zero attached hydrogens (tertiary/aromatic N) is 1. The first kappa shape index (κ1) is 12.3. The minimum absolute atomic E-state index is 0.355. The first-order valence-corrected chi connectivity index (χ1v) is 7.57. The van der Waals surface area contributed by atoms with Gasteiger partial charge in [0, 0.05) is 10.9 Å². The van der Waals surface area contributed by atoms with Crippen LogP contribution in [0.2, 0.25) is 0 Å². The number of aromatic nitrogens is 1. The van der Waals surface area contributed by atoms with Crippen molar-refractivity contribution in [3.63, 3.8) is 0 Å². The van der Waals surface area contributed by atoms with E-state index in [9.17, 15) is 4.79 Å². The fourth-order valence-corrected chi connectivity index (χ4v) is 3.50. The van der Waals surface area contributed by atoms with E-state index in [1.807, 2.05) is 5.38 Å². The molecule has 4 heteroatoms. The summed E-state index contributed by atoms with van der Waals surface area (Å²) in [5.74, 6) is -0.472. The van der Waals surface area contributed by atoms with Crippen LogP contribution in [0.15, 0.2) is 47.8 Å². The summed E-state index contributed by atoms with van der Waals surface area (Å²) >= 11 is 1.29. The average Bonchev–Trinajstić information content (AvgIpc) is 3.11. The van der Waals surface area contributed by atoms with Crippen LogP contribution in [0.3, 0.4) is 0 Å². The van der Waals surface area contributed by atoms with Crippen molar-refractivity contribution in [1.82, 2.24) is 4.98 Å². The van der Waals surface area contributed by atoms with Gasteiger partial charge in [0.25, 0.3) is 5.91 Å². The second-order valence-corrected chi connectivity index (χ2v) is 5.97. The van der Waals surface area contributed by atoms with Crippen LogP contribution >= 0.6 is 11.3 Å². The lowest BCUT2D eigenvalue weighted by molar-refractivity contribution is 0.1000. The fraction of sp³-hybridized carbons (Fsp3) is 0.0588. The highest BCUT2D eigenvalue weighted by molar-refractivity contribution is 7.12. The van der Waals surface area contributed by atoms with Gasteiger partial charge in [0.05, 0.1) is 5.69 Å². The zero-order chi connectivity index (χ0) is 14.4. The molecule has 102 valence electrons. The summed E-state index contributed by atoms with van der Waals surface area (Å²) < 4.78 is 0. The van der Waals surface area contributed by atoms with Crippen molar-refractivity contribution in [2.24, 2.45) is 5.73 Å².